The molecular formula is C21H29N3O2. The van der Waals surface area contributed by atoms with Gasteiger partial charge in [-0.05, 0) is 57.9 Å². The average Bonchev–Trinajstić information content (AvgIpc) is 2.62. The van der Waals surface area contributed by atoms with Crippen molar-refractivity contribution < 1.29 is 9.90 Å². The zero-order valence-electron chi connectivity index (χ0n) is 16.0. The van der Waals surface area contributed by atoms with Gasteiger partial charge in [0.2, 0.25) is 0 Å². The van der Waals surface area contributed by atoms with Crippen LogP contribution < -0.4 is 5.32 Å². The summed E-state index contributed by atoms with van der Waals surface area (Å²) >= 11 is 0. The molecule has 0 bridgehead atoms. The number of hydrogen-bond donors (Lipinski definition) is 2. The molecule has 0 spiro atoms. The number of piperidine rings is 1. The molecule has 1 saturated heterocycles. The van der Waals surface area contributed by atoms with Gasteiger partial charge in [0.15, 0.2) is 0 Å². The largest absolute Gasteiger partial charge is 0.395 e. The summed E-state index contributed by atoms with van der Waals surface area (Å²) in [5.41, 5.74) is 4.67. The second kappa shape index (κ2) is 8.14. The zero-order chi connectivity index (χ0) is 18.7. The van der Waals surface area contributed by atoms with E-state index < -0.39 is 0 Å². The SMILES string of the molecule is Cc1cc(C)c2nc(C)cc(C(=O)NCCN3CCCCC3CO)c2c1. The Morgan fingerprint density at radius 3 is 2.85 bits per heavy atom. The van der Waals surface area contributed by atoms with E-state index in [2.05, 4.69) is 21.3 Å². The third kappa shape index (κ3) is 4.05. The van der Waals surface area contributed by atoms with Crippen molar-refractivity contribution in [3.05, 3.63) is 40.6 Å². The maximum atomic E-state index is 12.8. The third-order valence-electron chi connectivity index (χ3n) is 5.27. The maximum absolute atomic E-state index is 12.8. The number of aryl methyl sites for hydroxylation is 3. The van der Waals surface area contributed by atoms with Crippen molar-refractivity contribution in [1.29, 1.82) is 0 Å². The number of amides is 1. The zero-order valence-corrected chi connectivity index (χ0v) is 16.0. The van der Waals surface area contributed by atoms with Crippen molar-refractivity contribution in [2.24, 2.45) is 0 Å². The number of benzene rings is 1. The number of aliphatic hydroxyl groups excluding tert-OH is 1. The number of fused-ring (bicyclic) bond motifs is 1. The molecule has 0 radical (unpaired) electrons. The Hall–Kier alpha value is -1.98. The summed E-state index contributed by atoms with van der Waals surface area (Å²) in [5, 5.41) is 13.5. The topological polar surface area (TPSA) is 65.5 Å². The minimum absolute atomic E-state index is 0.0527. The number of rotatable bonds is 5. The van der Waals surface area contributed by atoms with Crippen LogP contribution in [0.4, 0.5) is 0 Å². The van der Waals surface area contributed by atoms with Crippen LogP contribution in [0.25, 0.3) is 10.9 Å². The molecular weight excluding hydrogens is 326 g/mol. The molecule has 5 heteroatoms. The number of pyridine rings is 1. The minimum atomic E-state index is -0.0527. The number of aliphatic hydroxyl groups is 1. The lowest BCUT2D eigenvalue weighted by atomic mass is 10.0. The van der Waals surface area contributed by atoms with Crippen LogP contribution in [0.2, 0.25) is 0 Å². The van der Waals surface area contributed by atoms with Gasteiger partial charge in [0, 0.05) is 30.2 Å². The first-order valence-corrected chi connectivity index (χ1v) is 9.51. The Bertz CT molecular complexity index is 803. The van der Waals surface area contributed by atoms with Crippen molar-refractivity contribution >= 4 is 16.8 Å². The van der Waals surface area contributed by atoms with E-state index in [9.17, 15) is 9.90 Å². The molecule has 26 heavy (non-hydrogen) atoms. The molecule has 1 unspecified atom stereocenters. The van der Waals surface area contributed by atoms with Crippen LogP contribution in [0.1, 0.15) is 46.4 Å². The molecule has 140 valence electrons. The third-order valence-corrected chi connectivity index (χ3v) is 5.27. The highest BCUT2D eigenvalue weighted by Gasteiger charge is 2.21. The number of likely N-dealkylation sites (tertiary alicyclic amines) is 1. The molecule has 2 heterocycles. The molecule has 1 atom stereocenters. The summed E-state index contributed by atoms with van der Waals surface area (Å²) in [6.07, 6.45) is 3.38. The van der Waals surface area contributed by atoms with E-state index in [1.807, 2.05) is 32.9 Å². The van der Waals surface area contributed by atoms with Crippen LogP contribution in [-0.2, 0) is 0 Å². The number of hydrogen-bond acceptors (Lipinski definition) is 4. The summed E-state index contributed by atoms with van der Waals surface area (Å²) in [7, 11) is 0. The number of carbonyl (C=O) groups excluding carboxylic acids is 1. The van der Waals surface area contributed by atoms with Crippen LogP contribution in [-0.4, -0.2) is 53.2 Å². The van der Waals surface area contributed by atoms with E-state index in [1.54, 1.807) is 0 Å². The monoisotopic (exact) mass is 355 g/mol. The van der Waals surface area contributed by atoms with E-state index in [4.69, 9.17) is 0 Å². The van der Waals surface area contributed by atoms with Crippen molar-refractivity contribution in [3.63, 3.8) is 0 Å². The quantitative estimate of drug-likeness (QED) is 0.866. The Labute approximate surface area is 155 Å². The van der Waals surface area contributed by atoms with Gasteiger partial charge in [-0.25, -0.2) is 0 Å². The fourth-order valence-electron chi connectivity index (χ4n) is 3.97. The van der Waals surface area contributed by atoms with Crippen molar-refractivity contribution in [2.45, 2.75) is 46.1 Å². The van der Waals surface area contributed by atoms with Crippen LogP contribution in [0.15, 0.2) is 18.2 Å². The Kier molecular flexibility index (Phi) is 5.89. The first-order valence-electron chi connectivity index (χ1n) is 9.51. The van der Waals surface area contributed by atoms with Crippen LogP contribution >= 0.6 is 0 Å². The molecule has 2 N–H and O–H groups in total. The number of carbonyl (C=O) groups is 1. The predicted molar refractivity (Wildman–Crippen MR) is 105 cm³/mol. The fraction of sp³-hybridized carbons (Fsp3) is 0.524. The lowest BCUT2D eigenvalue weighted by Crippen LogP contribution is -2.45. The summed E-state index contributed by atoms with van der Waals surface area (Å²) in [6.45, 7) is 8.56. The molecule has 1 aliphatic rings. The molecule has 3 rings (SSSR count). The van der Waals surface area contributed by atoms with E-state index in [-0.39, 0.29) is 18.6 Å². The standard InChI is InChI=1S/C21H29N3O2/c1-14-10-15(2)20-18(11-14)19(12-16(3)23-20)21(26)22-7-9-24-8-5-4-6-17(24)13-25/h10-12,17,25H,4-9,13H2,1-3H3,(H,22,26). The van der Waals surface area contributed by atoms with Crippen molar-refractivity contribution in [1.82, 2.24) is 15.2 Å². The second-order valence-corrected chi connectivity index (χ2v) is 7.41. The van der Waals surface area contributed by atoms with Gasteiger partial charge in [-0.1, -0.05) is 18.1 Å². The molecule has 1 amide bonds. The first-order chi connectivity index (χ1) is 12.5. The van der Waals surface area contributed by atoms with Crippen LogP contribution in [0.5, 0.6) is 0 Å². The summed E-state index contributed by atoms with van der Waals surface area (Å²) < 4.78 is 0. The van der Waals surface area contributed by atoms with Crippen LogP contribution in [0.3, 0.4) is 0 Å². The van der Waals surface area contributed by atoms with Gasteiger partial charge >= 0.3 is 0 Å². The second-order valence-electron chi connectivity index (χ2n) is 7.41. The average molecular weight is 355 g/mol. The van der Waals surface area contributed by atoms with Crippen molar-refractivity contribution in [3.8, 4) is 0 Å². The number of nitrogens with zero attached hydrogens (tertiary/aromatic N) is 2. The highest BCUT2D eigenvalue weighted by Crippen LogP contribution is 2.23. The lowest BCUT2D eigenvalue weighted by molar-refractivity contribution is 0.0850. The molecule has 0 saturated carbocycles. The first kappa shape index (κ1) is 18.8. The van der Waals surface area contributed by atoms with E-state index >= 15 is 0 Å². The Morgan fingerprint density at radius 1 is 1.27 bits per heavy atom. The van der Waals surface area contributed by atoms with E-state index in [0.717, 1.165) is 53.7 Å². The van der Waals surface area contributed by atoms with Gasteiger partial charge in [-0.3, -0.25) is 14.7 Å². The number of nitrogens with one attached hydrogen (secondary N) is 1. The smallest absolute Gasteiger partial charge is 0.252 e. The minimum Gasteiger partial charge on any atom is -0.395 e. The van der Waals surface area contributed by atoms with Gasteiger partial charge in [-0.15, -0.1) is 0 Å². The molecule has 0 aliphatic carbocycles. The van der Waals surface area contributed by atoms with Crippen LogP contribution in [0, 0.1) is 20.8 Å². The molecule has 5 nitrogen and oxygen atoms in total. The molecule has 1 aromatic carbocycles. The van der Waals surface area contributed by atoms with Gasteiger partial charge in [0.25, 0.3) is 5.91 Å². The summed E-state index contributed by atoms with van der Waals surface area (Å²) in [6, 6.07) is 6.24. The number of aromatic nitrogens is 1. The predicted octanol–water partition coefficient (Wildman–Crippen LogP) is 2.74. The van der Waals surface area contributed by atoms with E-state index in [0.29, 0.717) is 12.1 Å². The maximum Gasteiger partial charge on any atom is 0.252 e. The highest BCUT2D eigenvalue weighted by molar-refractivity contribution is 6.07. The molecule has 1 fully saturated rings. The van der Waals surface area contributed by atoms with Crippen molar-refractivity contribution in [2.75, 3.05) is 26.2 Å². The molecule has 1 aromatic heterocycles. The van der Waals surface area contributed by atoms with Gasteiger partial charge in [0.1, 0.15) is 0 Å². The highest BCUT2D eigenvalue weighted by atomic mass is 16.3. The molecule has 1 aliphatic heterocycles. The van der Waals surface area contributed by atoms with Gasteiger partial charge in [0.05, 0.1) is 17.7 Å². The summed E-state index contributed by atoms with van der Waals surface area (Å²) in [4.78, 5) is 19.7. The van der Waals surface area contributed by atoms with Gasteiger partial charge in [-0.2, -0.15) is 0 Å². The summed E-state index contributed by atoms with van der Waals surface area (Å²) in [5.74, 6) is -0.0527. The lowest BCUT2D eigenvalue weighted by Gasteiger charge is -2.34. The Balaban J connectivity index is 1.73. The normalized spacial score (nSPS) is 18.2. The van der Waals surface area contributed by atoms with E-state index in [1.165, 1.54) is 6.42 Å². The molecule has 2 aromatic rings. The van der Waals surface area contributed by atoms with Gasteiger partial charge < -0.3 is 10.4 Å². The Morgan fingerprint density at radius 2 is 2.08 bits per heavy atom. The fourth-order valence-corrected chi connectivity index (χ4v) is 3.97.